The van der Waals surface area contributed by atoms with Gasteiger partial charge < -0.3 is 10.6 Å². The van der Waals surface area contributed by atoms with E-state index in [9.17, 15) is 0 Å². The standard InChI is InChI=1S/C21H26N6/c1-16-10-17(2)12-18(11-16)6-7-24-21(22-3)26-14-19-4-5-20(25-13-19)27-9-8-23-15-27/h4-5,8-13,15H,6-7,14H2,1-3H3,(H2,22,24,26). The Kier molecular flexibility index (Phi) is 6.20. The van der Waals surface area contributed by atoms with E-state index in [4.69, 9.17) is 0 Å². The molecule has 0 fully saturated rings. The van der Waals surface area contributed by atoms with Crippen LogP contribution in [0.1, 0.15) is 22.3 Å². The first kappa shape index (κ1) is 18.6. The van der Waals surface area contributed by atoms with Crippen molar-refractivity contribution >= 4 is 5.96 Å². The van der Waals surface area contributed by atoms with Gasteiger partial charge in [0.25, 0.3) is 0 Å². The number of hydrogen-bond acceptors (Lipinski definition) is 3. The van der Waals surface area contributed by atoms with E-state index in [-0.39, 0.29) is 0 Å². The van der Waals surface area contributed by atoms with Gasteiger partial charge in [-0.05, 0) is 37.5 Å². The molecule has 2 heterocycles. The minimum atomic E-state index is 0.667. The van der Waals surface area contributed by atoms with E-state index in [1.807, 2.05) is 23.0 Å². The minimum Gasteiger partial charge on any atom is -0.356 e. The van der Waals surface area contributed by atoms with Crippen LogP contribution in [-0.4, -0.2) is 34.1 Å². The molecule has 3 aromatic rings. The summed E-state index contributed by atoms with van der Waals surface area (Å²) in [4.78, 5) is 12.8. The summed E-state index contributed by atoms with van der Waals surface area (Å²) in [5.74, 6) is 1.64. The van der Waals surface area contributed by atoms with E-state index in [1.165, 1.54) is 16.7 Å². The zero-order valence-electron chi connectivity index (χ0n) is 16.1. The van der Waals surface area contributed by atoms with Crippen LogP contribution in [0, 0.1) is 13.8 Å². The molecule has 0 saturated heterocycles. The van der Waals surface area contributed by atoms with Gasteiger partial charge in [0.15, 0.2) is 5.96 Å². The number of benzene rings is 1. The predicted octanol–water partition coefficient (Wildman–Crippen LogP) is 2.79. The van der Waals surface area contributed by atoms with Crippen LogP contribution in [0.5, 0.6) is 0 Å². The normalized spacial score (nSPS) is 11.4. The SMILES string of the molecule is CN=C(NCCc1cc(C)cc(C)c1)NCc1ccc(-n2ccnc2)nc1. The minimum absolute atomic E-state index is 0.667. The molecule has 0 saturated carbocycles. The molecule has 2 aromatic heterocycles. The Labute approximate surface area is 160 Å². The molecule has 0 bridgehead atoms. The number of pyridine rings is 1. The first-order valence-corrected chi connectivity index (χ1v) is 9.09. The summed E-state index contributed by atoms with van der Waals surface area (Å²) in [5, 5.41) is 6.70. The number of rotatable bonds is 6. The number of aliphatic imine (C=N–C) groups is 1. The Balaban J connectivity index is 1.47. The highest BCUT2D eigenvalue weighted by Crippen LogP contribution is 2.09. The number of hydrogen-bond donors (Lipinski definition) is 2. The van der Waals surface area contributed by atoms with Gasteiger partial charge in [0.1, 0.15) is 12.1 Å². The molecule has 6 nitrogen and oxygen atoms in total. The molecular formula is C21H26N6. The third-order valence-corrected chi connectivity index (χ3v) is 4.25. The van der Waals surface area contributed by atoms with Gasteiger partial charge in [-0.1, -0.05) is 35.4 Å². The van der Waals surface area contributed by atoms with Crippen LogP contribution >= 0.6 is 0 Å². The Morgan fingerprint density at radius 3 is 2.52 bits per heavy atom. The van der Waals surface area contributed by atoms with Crippen LogP contribution in [0.2, 0.25) is 0 Å². The molecule has 0 radical (unpaired) electrons. The van der Waals surface area contributed by atoms with Crippen molar-refractivity contribution in [1.82, 2.24) is 25.2 Å². The maximum absolute atomic E-state index is 4.47. The average Bonchev–Trinajstić information content (AvgIpc) is 3.19. The summed E-state index contributed by atoms with van der Waals surface area (Å²) in [6.07, 6.45) is 8.18. The largest absolute Gasteiger partial charge is 0.356 e. The number of imidazole rings is 1. The van der Waals surface area contributed by atoms with Crippen molar-refractivity contribution in [3.63, 3.8) is 0 Å². The molecular weight excluding hydrogens is 336 g/mol. The third kappa shape index (κ3) is 5.41. The summed E-state index contributed by atoms with van der Waals surface area (Å²) in [6.45, 7) is 5.77. The van der Waals surface area contributed by atoms with Gasteiger partial charge in [-0.3, -0.25) is 9.56 Å². The van der Waals surface area contributed by atoms with Crippen molar-refractivity contribution in [2.75, 3.05) is 13.6 Å². The molecule has 0 aliphatic carbocycles. The maximum Gasteiger partial charge on any atom is 0.191 e. The molecule has 2 N–H and O–H groups in total. The lowest BCUT2D eigenvalue weighted by molar-refractivity contribution is 0.791. The van der Waals surface area contributed by atoms with Gasteiger partial charge in [-0.2, -0.15) is 0 Å². The summed E-state index contributed by atoms with van der Waals surface area (Å²) in [7, 11) is 1.78. The third-order valence-electron chi connectivity index (χ3n) is 4.25. The Morgan fingerprint density at radius 1 is 1.07 bits per heavy atom. The average molecular weight is 362 g/mol. The molecule has 0 spiro atoms. The van der Waals surface area contributed by atoms with Crippen molar-refractivity contribution in [2.24, 2.45) is 4.99 Å². The zero-order valence-corrected chi connectivity index (χ0v) is 16.1. The van der Waals surface area contributed by atoms with Gasteiger partial charge in [0.2, 0.25) is 0 Å². The smallest absolute Gasteiger partial charge is 0.191 e. The lowest BCUT2D eigenvalue weighted by Crippen LogP contribution is -2.37. The van der Waals surface area contributed by atoms with E-state index >= 15 is 0 Å². The molecule has 0 aliphatic heterocycles. The van der Waals surface area contributed by atoms with Crippen LogP contribution in [0.4, 0.5) is 0 Å². The number of nitrogens with zero attached hydrogens (tertiary/aromatic N) is 4. The van der Waals surface area contributed by atoms with E-state index in [2.05, 4.69) is 63.7 Å². The van der Waals surface area contributed by atoms with Crippen molar-refractivity contribution < 1.29 is 0 Å². The van der Waals surface area contributed by atoms with E-state index < -0.39 is 0 Å². The van der Waals surface area contributed by atoms with E-state index in [1.54, 1.807) is 19.6 Å². The van der Waals surface area contributed by atoms with Gasteiger partial charge in [0, 0.05) is 38.7 Å². The molecule has 0 amide bonds. The lowest BCUT2D eigenvalue weighted by atomic mass is 10.1. The highest BCUT2D eigenvalue weighted by atomic mass is 15.2. The lowest BCUT2D eigenvalue weighted by Gasteiger charge is -2.12. The number of nitrogens with one attached hydrogen (secondary N) is 2. The quantitative estimate of drug-likeness (QED) is 0.523. The fourth-order valence-corrected chi connectivity index (χ4v) is 3.01. The van der Waals surface area contributed by atoms with Gasteiger partial charge in [-0.25, -0.2) is 9.97 Å². The number of aryl methyl sites for hydroxylation is 2. The highest BCUT2D eigenvalue weighted by Gasteiger charge is 2.02. The molecule has 0 aliphatic rings. The van der Waals surface area contributed by atoms with Crippen LogP contribution < -0.4 is 10.6 Å². The molecule has 3 rings (SSSR count). The summed E-state index contributed by atoms with van der Waals surface area (Å²) < 4.78 is 1.88. The molecule has 6 heteroatoms. The summed E-state index contributed by atoms with van der Waals surface area (Å²) in [6, 6.07) is 10.7. The zero-order chi connectivity index (χ0) is 19.1. The first-order chi connectivity index (χ1) is 13.1. The van der Waals surface area contributed by atoms with Gasteiger partial charge >= 0.3 is 0 Å². The first-order valence-electron chi connectivity index (χ1n) is 9.09. The van der Waals surface area contributed by atoms with Gasteiger partial charge in [-0.15, -0.1) is 0 Å². The second kappa shape index (κ2) is 8.98. The second-order valence-electron chi connectivity index (χ2n) is 6.59. The molecule has 140 valence electrons. The van der Waals surface area contributed by atoms with E-state index in [0.717, 1.165) is 30.3 Å². The monoisotopic (exact) mass is 362 g/mol. The summed E-state index contributed by atoms with van der Waals surface area (Å²) >= 11 is 0. The molecule has 0 unspecified atom stereocenters. The molecule has 1 aromatic carbocycles. The fraction of sp³-hybridized carbons (Fsp3) is 0.286. The molecule has 27 heavy (non-hydrogen) atoms. The second-order valence-corrected chi connectivity index (χ2v) is 6.59. The van der Waals surface area contributed by atoms with Crippen molar-refractivity contribution in [3.05, 3.63) is 77.5 Å². The Hall–Kier alpha value is -3.15. The van der Waals surface area contributed by atoms with Crippen molar-refractivity contribution in [3.8, 4) is 5.82 Å². The van der Waals surface area contributed by atoms with Crippen molar-refractivity contribution in [1.29, 1.82) is 0 Å². The summed E-state index contributed by atoms with van der Waals surface area (Å²) in [5.41, 5.74) is 5.05. The number of guanidine groups is 1. The predicted molar refractivity (Wildman–Crippen MR) is 109 cm³/mol. The topological polar surface area (TPSA) is 67.1 Å². The molecule has 0 atom stereocenters. The van der Waals surface area contributed by atoms with E-state index in [0.29, 0.717) is 6.54 Å². The van der Waals surface area contributed by atoms with Crippen LogP contribution in [-0.2, 0) is 13.0 Å². The Morgan fingerprint density at radius 2 is 1.89 bits per heavy atom. The van der Waals surface area contributed by atoms with Crippen LogP contribution in [0.15, 0.2) is 60.2 Å². The Bertz CT molecular complexity index is 861. The fourth-order valence-electron chi connectivity index (χ4n) is 3.01. The number of aromatic nitrogens is 3. The van der Waals surface area contributed by atoms with Gasteiger partial charge in [0.05, 0.1) is 0 Å². The van der Waals surface area contributed by atoms with Crippen molar-refractivity contribution in [2.45, 2.75) is 26.8 Å². The highest BCUT2D eigenvalue weighted by molar-refractivity contribution is 5.79. The maximum atomic E-state index is 4.47. The van der Waals surface area contributed by atoms with Crippen LogP contribution in [0.25, 0.3) is 5.82 Å². The van der Waals surface area contributed by atoms with Crippen LogP contribution in [0.3, 0.4) is 0 Å².